The van der Waals surface area contributed by atoms with Gasteiger partial charge >= 0.3 is 0 Å². The van der Waals surface area contributed by atoms with E-state index in [0.29, 0.717) is 18.7 Å². The fraction of sp³-hybridized carbons (Fsp3) is 0.357. The Kier molecular flexibility index (Phi) is 6.68. The van der Waals surface area contributed by atoms with Crippen LogP contribution >= 0.6 is 11.3 Å². The number of benzene rings is 2. The molecular weight excluding hydrogens is 444 g/mol. The lowest BCUT2D eigenvalue weighted by Gasteiger charge is -2.44. The first-order valence-electron chi connectivity index (χ1n) is 12.1. The van der Waals surface area contributed by atoms with Gasteiger partial charge in [-0.25, -0.2) is 0 Å². The lowest BCUT2D eigenvalue weighted by Crippen LogP contribution is -2.50. The summed E-state index contributed by atoms with van der Waals surface area (Å²) < 4.78 is 5.75. The molecule has 1 aliphatic heterocycles. The molecule has 0 spiro atoms. The number of fused-ring (bicyclic) bond motifs is 1. The molecule has 0 unspecified atom stereocenters. The zero-order valence-electron chi connectivity index (χ0n) is 19.4. The van der Waals surface area contributed by atoms with E-state index in [1.54, 1.807) is 11.3 Å². The van der Waals surface area contributed by atoms with Gasteiger partial charge in [0.05, 0.1) is 18.6 Å². The van der Waals surface area contributed by atoms with Gasteiger partial charge in [0.15, 0.2) is 0 Å². The summed E-state index contributed by atoms with van der Waals surface area (Å²) in [6.45, 7) is 2.90. The zero-order valence-corrected chi connectivity index (χ0v) is 20.2. The van der Waals surface area contributed by atoms with Gasteiger partial charge in [-0.3, -0.25) is 9.59 Å². The van der Waals surface area contributed by atoms with Crippen molar-refractivity contribution in [2.24, 2.45) is 0 Å². The van der Waals surface area contributed by atoms with E-state index >= 15 is 0 Å². The summed E-state index contributed by atoms with van der Waals surface area (Å²) in [4.78, 5) is 30.7. The predicted octanol–water partition coefficient (Wildman–Crippen LogP) is 5.69. The minimum atomic E-state index is -0.465. The fourth-order valence-electron chi connectivity index (χ4n) is 5.42. The number of carbonyl (C=O) groups excluding carboxylic acids is 2. The quantitative estimate of drug-likeness (QED) is 0.479. The topological polar surface area (TPSA) is 58.6 Å². The van der Waals surface area contributed by atoms with Crippen LogP contribution in [0, 0.1) is 0 Å². The van der Waals surface area contributed by atoms with Crippen LogP contribution in [-0.2, 0) is 11.3 Å². The van der Waals surface area contributed by atoms with Crippen LogP contribution in [0.2, 0.25) is 0 Å². The molecule has 6 heteroatoms. The Balaban J connectivity index is 1.52. The number of thiophene rings is 1. The van der Waals surface area contributed by atoms with Gasteiger partial charge in [-0.15, -0.1) is 11.3 Å². The van der Waals surface area contributed by atoms with E-state index in [4.69, 9.17) is 4.74 Å². The normalized spacial score (nSPS) is 20.3. The van der Waals surface area contributed by atoms with Crippen molar-refractivity contribution in [3.8, 4) is 5.75 Å². The van der Waals surface area contributed by atoms with Gasteiger partial charge in [0.2, 0.25) is 5.91 Å². The molecular formula is C28H30N2O3S. The van der Waals surface area contributed by atoms with Crippen molar-refractivity contribution in [2.45, 2.75) is 57.2 Å². The number of carbonyl (C=O) groups is 2. The molecule has 0 radical (unpaired) electrons. The largest absolute Gasteiger partial charge is 0.494 e. The number of hydrogen-bond donors (Lipinski definition) is 1. The third-order valence-electron chi connectivity index (χ3n) is 6.94. The standard InChI is InChI=1S/C28H30N2O3S/c1-2-33-23-15-8-3-10-19(23)18-29-27(31)25-21-13-6-7-14-22(21)28(32)30(20-11-4-5-12-20)26(25)24-16-9-17-34-24/h3,6-10,13-17,20,25-26H,2,4-5,11-12,18H2,1H3,(H,29,31)/t25-,26+/m0/s1. The van der Waals surface area contributed by atoms with Crippen molar-refractivity contribution < 1.29 is 14.3 Å². The third kappa shape index (κ3) is 4.23. The highest BCUT2D eigenvalue weighted by atomic mass is 32.1. The molecule has 1 aromatic heterocycles. The average Bonchev–Trinajstić information content (AvgIpc) is 3.58. The van der Waals surface area contributed by atoms with Crippen LogP contribution in [0.15, 0.2) is 66.0 Å². The Labute approximate surface area is 204 Å². The van der Waals surface area contributed by atoms with Crippen molar-refractivity contribution in [2.75, 3.05) is 6.61 Å². The molecule has 1 saturated carbocycles. The molecule has 34 heavy (non-hydrogen) atoms. The second kappa shape index (κ2) is 10.0. The number of amides is 2. The van der Waals surface area contributed by atoms with Crippen LogP contribution in [0.5, 0.6) is 5.75 Å². The maximum Gasteiger partial charge on any atom is 0.254 e. The molecule has 0 bridgehead atoms. The van der Waals surface area contributed by atoms with E-state index in [2.05, 4.69) is 11.4 Å². The molecule has 2 heterocycles. The number of hydrogen-bond acceptors (Lipinski definition) is 4. The molecule has 176 valence electrons. The fourth-order valence-corrected chi connectivity index (χ4v) is 6.28. The first kappa shape index (κ1) is 22.7. The number of nitrogens with zero attached hydrogens (tertiary/aromatic N) is 1. The van der Waals surface area contributed by atoms with Gasteiger partial charge in [-0.1, -0.05) is 55.3 Å². The van der Waals surface area contributed by atoms with Gasteiger partial charge in [-0.2, -0.15) is 0 Å². The molecule has 2 atom stereocenters. The van der Waals surface area contributed by atoms with Crippen LogP contribution < -0.4 is 10.1 Å². The number of para-hydroxylation sites is 1. The summed E-state index contributed by atoms with van der Waals surface area (Å²) in [7, 11) is 0. The molecule has 5 rings (SSSR count). The van der Waals surface area contributed by atoms with E-state index in [-0.39, 0.29) is 23.9 Å². The zero-order chi connectivity index (χ0) is 23.5. The van der Waals surface area contributed by atoms with Gasteiger partial charge in [-0.05, 0) is 48.9 Å². The summed E-state index contributed by atoms with van der Waals surface area (Å²) in [5, 5.41) is 5.20. The molecule has 1 N–H and O–H groups in total. The number of ether oxygens (including phenoxy) is 1. The minimum absolute atomic E-state index is 0.0478. The van der Waals surface area contributed by atoms with E-state index < -0.39 is 5.92 Å². The smallest absolute Gasteiger partial charge is 0.254 e. The molecule has 2 amide bonds. The third-order valence-corrected chi connectivity index (χ3v) is 7.88. The van der Waals surface area contributed by atoms with Crippen molar-refractivity contribution in [3.63, 3.8) is 0 Å². The molecule has 0 saturated heterocycles. The van der Waals surface area contributed by atoms with Crippen LogP contribution in [0.3, 0.4) is 0 Å². The molecule has 3 aromatic rings. The van der Waals surface area contributed by atoms with Crippen molar-refractivity contribution in [1.82, 2.24) is 10.2 Å². The van der Waals surface area contributed by atoms with Crippen molar-refractivity contribution >= 4 is 23.2 Å². The van der Waals surface area contributed by atoms with Gasteiger partial charge in [0.25, 0.3) is 5.91 Å². The molecule has 1 fully saturated rings. The second-order valence-electron chi connectivity index (χ2n) is 8.93. The summed E-state index contributed by atoms with van der Waals surface area (Å²) in [5.74, 6) is 0.304. The Morgan fingerprint density at radius 3 is 2.59 bits per heavy atom. The van der Waals surface area contributed by atoms with Crippen molar-refractivity contribution in [1.29, 1.82) is 0 Å². The molecule has 2 aromatic carbocycles. The first-order valence-corrected chi connectivity index (χ1v) is 13.0. The van der Waals surface area contributed by atoms with Gasteiger partial charge in [0, 0.05) is 28.6 Å². The van der Waals surface area contributed by atoms with Crippen LogP contribution in [0.1, 0.15) is 70.9 Å². The van der Waals surface area contributed by atoms with E-state index in [9.17, 15) is 9.59 Å². The molecule has 1 aliphatic carbocycles. The Morgan fingerprint density at radius 1 is 1.06 bits per heavy atom. The molecule has 5 nitrogen and oxygen atoms in total. The van der Waals surface area contributed by atoms with Gasteiger partial charge in [0.1, 0.15) is 5.75 Å². The van der Waals surface area contributed by atoms with Crippen molar-refractivity contribution in [3.05, 3.63) is 87.6 Å². The maximum absolute atomic E-state index is 13.9. The Bertz CT molecular complexity index is 1150. The Morgan fingerprint density at radius 2 is 1.82 bits per heavy atom. The highest BCUT2D eigenvalue weighted by Gasteiger charge is 2.47. The van der Waals surface area contributed by atoms with Crippen LogP contribution in [0.4, 0.5) is 0 Å². The first-order chi connectivity index (χ1) is 16.7. The minimum Gasteiger partial charge on any atom is -0.494 e. The van der Waals surface area contributed by atoms with E-state index in [1.165, 1.54) is 0 Å². The number of rotatable bonds is 7. The lowest BCUT2D eigenvalue weighted by atomic mass is 9.80. The highest BCUT2D eigenvalue weighted by molar-refractivity contribution is 7.10. The lowest BCUT2D eigenvalue weighted by molar-refractivity contribution is -0.124. The Hall–Kier alpha value is -3.12. The van der Waals surface area contributed by atoms with Gasteiger partial charge < -0.3 is 15.0 Å². The summed E-state index contributed by atoms with van der Waals surface area (Å²) in [6.07, 6.45) is 4.23. The van der Waals surface area contributed by atoms with Crippen LogP contribution in [-0.4, -0.2) is 29.4 Å². The highest BCUT2D eigenvalue weighted by Crippen LogP contribution is 2.47. The second-order valence-corrected chi connectivity index (χ2v) is 9.91. The predicted molar refractivity (Wildman–Crippen MR) is 134 cm³/mol. The summed E-state index contributed by atoms with van der Waals surface area (Å²) in [6, 6.07) is 19.4. The SMILES string of the molecule is CCOc1ccccc1CNC(=O)[C@H]1c2ccccc2C(=O)N(C2CCCC2)[C@@H]1c1cccs1. The van der Waals surface area contributed by atoms with E-state index in [0.717, 1.165) is 47.4 Å². The summed E-state index contributed by atoms with van der Waals surface area (Å²) >= 11 is 1.62. The average molecular weight is 475 g/mol. The molecule has 2 aliphatic rings. The maximum atomic E-state index is 13.9. The van der Waals surface area contributed by atoms with Crippen LogP contribution in [0.25, 0.3) is 0 Å². The summed E-state index contributed by atoms with van der Waals surface area (Å²) in [5.41, 5.74) is 2.41. The number of nitrogens with one attached hydrogen (secondary N) is 1. The monoisotopic (exact) mass is 474 g/mol. The van der Waals surface area contributed by atoms with E-state index in [1.807, 2.05) is 71.8 Å².